The van der Waals surface area contributed by atoms with Gasteiger partial charge < -0.3 is 19.1 Å². The molecule has 0 saturated carbocycles. The van der Waals surface area contributed by atoms with Crippen LogP contribution in [0.1, 0.15) is 17.4 Å². The van der Waals surface area contributed by atoms with Gasteiger partial charge in [0.15, 0.2) is 0 Å². The van der Waals surface area contributed by atoms with E-state index in [2.05, 4.69) is 9.47 Å². The lowest BCUT2D eigenvalue weighted by Crippen LogP contribution is -2.29. The predicted octanol–water partition coefficient (Wildman–Crippen LogP) is 2.66. The van der Waals surface area contributed by atoms with Gasteiger partial charge in [0, 0.05) is 24.9 Å². The lowest BCUT2D eigenvalue weighted by molar-refractivity contribution is 0.0313. The molecule has 0 aliphatic heterocycles. The normalized spacial score (nSPS) is 11.5. The fraction of sp³-hybridized carbons (Fsp3) is 0.500. The molecule has 0 aliphatic rings. The molecule has 1 atom stereocenters. The first kappa shape index (κ1) is 15.3. The summed E-state index contributed by atoms with van der Waals surface area (Å²) in [6, 6.07) is 3.74. The van der Waals surface area contributed by atoms with Crippen molar-refractivity contribution in [3.05, 3.63) is 22.4 Å². The van der Waals surface area contributed by atoms with Crippen LogP contribution in [0.15, 0.2) is 17.5 Å². The zero-order valence-electron chi connectivity index (χ0n) is 11.1. The van der Waals surface area contributed by atoms with Crippen LogP contribution in [-0.4, -0.2) is 45.0 Å². The van der Waals surface area contributed by atoms with Gasteiger partial charge in [0.25, 0.3) is 0 Å². The summed E-state index contributed by atoms with van der Waals surface area (Å²) in [6.07, 6.45) is -1.12. The van der Waals surface area contributed by atoms with Crippen molar-refractivity contribution >= 4 is 23.6 Å². The van der Waals surface area contributed by atoms with Gasteiger partial charge in [0.2, 0.25) is 0 Å². The first-order valence-corrected chi connectivity index (χ1v) is 6.53. The number of rotatable bonds is 5. The molecule has 6 nitrogen and oxygen atoms in total. The topological polar surface area (TPSA) is 65.1 Å². The third-order valence-corrected chi connectivity index (χ3v) is 3.44. The Morgan fingerprint density at radius 2 is 2.11 bits per heavy atom. The molecule has 0 radical (unpaired) electrons. The lowest BCUT2D eigenvalue weighted by atomic mass is 10.2. The van der Waals surface area contributed by atoms with Gasteiger partial charge >= 0.3 is 12.2 Å². The monoisotopic (exact) mass is 287 g/mol. The van der Waals surface area contributed by atoms with Crippen molar-refractivity contribution in [3.8, 4) is 0 Å². The Hall–Kier alpha value is -1.76. The van der Waals surface area contributed by atoms with Gasteiger partial charge in [-0.2, -0.15) is 0 Å². The summed E-state index contributed by atoms with van der Waals surface area (Å²) in [5.74, 6) is 0. The lowest BCUT2D eigenvalue weighted by Gasteiger charge is -2.20. The molecule has 106 valence electrons. The molecule has 0 bridgehead atoms. The van der Waals surface area contributed by atoms with Gasteiger partial charge in [-0.1, -0.05) is 6.07 Å². The van der Waals surface area contributed by atoms with Crippen LogP contribution < -0.4 is 0 Å². The van der Waals surface area contributed by atoms with E-state index in [9.17, 15) is 9.59 Å². The van der Waals surface area contributed by atoms with Gasteiger partial charge in [0.05, 0.1) is 14.2 Å². The first-order valence-electron chi connectivity index (χ1n) is 5.65. The zero-order valence-corrected chi connectivity index (χ0v) is 11.9. The average Bonchev–Trinajstić information content (AvgIpc) is 2.95. The average molecular weight is 287 g/mol. The summed E-state index contributed by atoms with van der Waals surface area (Å²) in [4.78, 5) is 24.8. The summed E-state index contributed by atoms with van der Waals surface area (Å²) in [5.41, 5.74) is 0. The third kappa shape index (κ3) is 4.78. The largest absolute Gasteiger partial charge is 0.508 e. The molecular weight excluding hydrogens is 270 g/mol. The third-order valence-electron chi connectivity index (χ3n) is 2.48. The standard InChI is InChI=1S/C12H17NO5S/c1-13(11(14)16-2)7-6-9(18-12(15)17-3)10-5-4-8-19-10/h4-5,8-9H,6-7H2,1-3H3/t9-/m1/s1. The molecule has 1 amide bonds. The second-order valence-electron chi connectivity index (χ2n) is 3.76. The molecule has 0 aliphatic carbocycles. The molecule has 1 aromatic rings. The minimum absolute atomic E-state index is 0.409. The van der Waals surface area contributed by atoms with Crippen molar-refractivity contribution in [2.24, 2.45) is 0 Å². The Morgan fingerprint density at radius 3 is 2.63 bits per heavy atom. The van der Waals surface area contributed by atoms with Crippen molar-refractivity contribution in [2.45, 2.75) is 12.5 Å². The van der Waals surface area contributed by atoms with Gasteiger partial charge in [0.1, 0.15) is 6.10 Å². The summed E-state index contributed by atoms with van der Waals surface area (Å²) in [7, 11) is 4.20. The fourth-order valence-corrected chi connectivity index (χ4v) is 2.25. The van der Waals surface area contributed by atoms with E-state index in [0.29, 0.717) is 13.0 Å². The molecule has 19 heavy (non-hydrogen) atoms. The van der Waals surface area contributed by atoms with Crippen LogP contribution in [0, 0.1) is 0 Å². The number of methoxy groups -OCH3 is 2. The van der Waals surface area contributed by atoms with E-state index < -0.39 is 18.4 Å². The van der Waals surface area contributed by atoms with Crippen LogP contribution in [0.5, 0.6) is 0 Å². The Kier molecular flexibility index (Phi) is 6.14. The van der Waals surface area contributed by atoms with Gasteiger partial charge in [-0.15, -0.1) is 11.3 Å². The molecule has 7 heteroatoms. The highest BCUT2D eigenvalue weighted by Crippen LogP contribution is 2.26. The number of ether oxygens (including phenoxy) is 3. The molecule has 1 rings (SSSR count). The maximum atomic E-state index is 11.3. The summed E-state index contributed by atoms with van der Waals surface area (Å²) >= 11 is 1.48. The summed E-state index contributed by atoms with van der Waals surface area (Å²) in [5, 5.41) is 1.90. The van der Waals surface area contributed by atoms with E-state index in [1.54, 1.807) is 7.05 Å². The first-order chi connectivity index (χ1) is 9.08. The van der Waals surface area contributed by atoms with Crippen molar-refractivity contribution in [1.29, 1.82) is 0 Å². The highest BCUT2D eigenvalue weighted by atomic mass is 32.1. The molecule has 0 saturated heterocycles. The quantitative estimate of drug-likeness (QED) is 0.779. The van der Waals surface area contributed by atoms with Crippen LogP contribution in [-0.2, 0) is 14.2 Å². The van der Waals surface area contributed by atoms with Crippen LogP contribution >= 0.6 is 11.3 Å². The van der Waals surface area contributed by atoms with E-state index in [0.717, 1.165) is 4.88 Å². The van der Waals surface area contributed by atoms with Crippen molar-refractivity contribution in [2.75, 3.05) is 27.8 Å². The number of amides is 1. The number of hydrogen-bond donors (Lipinski definition) is 0. The van der Waals surface area contributed by atoms with Gasteiger partial charge in [-0.05, 0) is 11.4 Å². The number of carbonyl (C=O) groups excluding carboxylic acids is 2. The van der Waals surface area contributed by atoms with Crippen molar-refractivity contribution < 1.29 is 23.8 Å². The smallest absolute Gasteiger partial charge is 0.453 e. The van der Waals surface area contributed by atoms with E-state index in [-0.39, 0.29) is 0 Å². The highest BCUT2D eigenvalue weighted by Gasteiger charge is 2.20. The highest BCUT2D eigenvalue weighted by molar-refractivity contribution is 7.10. The predicted molar refractivity (Wildman–Crippen MR) is 70.2 cm³/mol. The van der Waals surface area contributed by atoms with Crippen molar-refractivity contribution in [1.82, 2.24) is 4.90 Å². The minimum atomic E-state index is -0.737. The van der Waals surface area contributed by atoms with E-state index in [1.807, 2.05) is 17.5 Å². The zero-order chi connectivity index (χ0) is 14.3. The molecule has 0 aromatic carbocycles. The van der Waals surface area contributed by atoms with Crippen LogP contribution in [0.25, 0.3) is 0 Å². The minimum Gasteiger partial charge on any atom is -0.453 e. The summed E-state index contributed by atoms with van der Waals surface area (Å²) in [6.45, 7) is 0.409. The molecule has 1 aromatic heterocycles. The second kappa shape index (κ2) is 7.63. The molecule has 0 fully saturated rings. The van der Waals surface area contributed by atoms with Gasteiger partial charge in [-0.25, -0.2) is 9.59 Å². The fourth-order valence-electron chi connectivity index (χ4n) is 1.46. The maximum absolute atomic E-state index is 11.3. The molecular formula is C12H17NO5S. The van der Waals surface area contributed by atoms with Crippen molar-refractivity contribution in [3.63, 3.8) is 0 Å². The maximum Gasteiger partial charge on any atom is 0.508 e. The Balaban J connectivity index is 2.60. The number of nitrogens with zero attached hydrogens (tertiary/aromatic N) is 1. The summed E-state index contributed by atoms with van der Waals surface area (Å²) < 4.78 is 14.3. The Labute approximate surface area is 115 Å². The molecule has 1 heterocycles. The SMILES string of the molecule is COC(=O)O[C@H](CCN(C)C(=O)OC)c1cccs1. The van der Waals surface area contributed by atoms with Crippen LogP contribution in [0.2, 0.25) is 0 Å². The van der Waals surface area contributed by atoms with Crippen LogP contribution in [0.4, 0.5) is 9.59 Å². The van der Waals surface area contributed by atoms with E-state index in [1.165, 1.54) is 30.5 Å². The molecule has 0 N–H and O–H groups in total. The molecule has 0 unspecified atom stereocenters. The van der Waals surface area contributed by atoms with Crippen LogP contribution in [0.3, 0.4) is 0 Å². The van der Waals surface area contributed by atoms with Gasteiger partial charge in [-0.3, -0.25) is 0 Å². The van der Waals surface area contributed by atoms with E-state index in [4.69, 9.17) is 4.74 Å². The Bertz CT molecular complexity index is 406. The second-order valence-corrected chi connectivity index (χ2v) is 4.74. The van der Waals surface area contributed by atoms with E-state index >= 15 is 0 Å². The Morgan fingerprint density at radius 1 is 1.37 bits per heavy atom. The number of carbonyl (C=O) groups is 2. The number of hydrogen-bond acceptors (Lipinski definition) is 6. The molecule has 0 spiro atoms. The number of thiophene rings is 1.